The minimum absolute atomic E-state index is 0.0178. The highest BCUT2D eigenvalue weighted by Gasteiger charge is 2.87. The number of hydrogen-bond donors (Lipinski definition) is 4. The topological polar surface area (TPSA) is 286 Å². The number of carbonyl (C=O) groups is 4. The van der Waals surface area contributed by atoms with Crippen LogP contribution in [0.15, 0.2) is 0 Å². The van der Waals surface area contributed by atoms with Gasteiger partial charge in [-0.15, -0.1) is 0 Å². The van der Waals surface area contributed by atoms with E-state index in [2.05, 4.69) is 69.2 Å². The first-order chi connectivity index (χ1) is 48.2. The van der Waals surface area contributed by atoms with Gasteiger partial charge in [0.2, 0.25) is 31.9 Å². The first kappa shape index (κ1) is 75.8. The summed E-state index contributed by atoms with van der Waals surface area (Å²) >= 11 is 0. The number of aliphatic hydroxyl groups excluding tert-OH is 2. The minimum Gasteiger partial charge on any atom is -0.480 e. The van der Waals surface area contributed by atoms with E-state index in [-0.39, 0.29) is 128 Å². The molecule has 4 heterocycles. The van der Waals surface area contributed by atoms with Gasteiger partial charge in [-0.1, -0.05) is 69.2 Å². The van der Waals surface area contributed by atoms with Crippen molar-refractivity contribution in [3.63, 3.8) is 0 Å². The van der Waals surface area contributed by atoms with Crippen molar-refractivity contribution in [3.05, 3.63) is 0 Å². The van der Waals surface area contributed by atoms with Gasteiger partial charge in [0, 0.05) is 49.9 Å². The van der Waals surface area contributed by atoms with Crippen LogP contribution in [0.5, 0.6) is 0 Å². The van der Waals surface area contributed by atoms with E-state index in [1.54, 1.807) is 0 Å². The average molecular weight is 1480 g/mol. The molecule has 4 saturated heterocycles. The number of ether oxygens (including phenoxy) is 6. The van der Waals surface area contributed by atoms with Crippen molar-refractivity contribution < 1.29 is 84.9 Å². The zero-order valence-electron chi connectivity index (χ0n) is 64.2. The summed E-state index contributed by atoms with van der Waals surface area (Å²) in [5, 5.41) is 44.2. The lowest BCUT2D eigenvalue weighted by Gasteiger charge is -2.64. The van der Waals surface area contributed by atoms with Gasteiger partial charge in [-0.3, -0.25) is 19.2 Å². The molecular formula is C79H126N4O18S2. The van der Waals surface area contributed by atoms with E-state index in [4.69, 9.17) is 28.4 Å². The first-order valence-corrected chi connectivity index (χ1v) is 44.0. The number of carboxylic acids is 2. The number of fused-ring (bicyclic) bond motifs is 8. The van der Waals surface area contributed by atoms with Crippen LogP contribution in [0, 0.1) is 113 Å². The molecule has 4 unspecified atom stereocenters. The molecule has 4 spiro atoms. The second-order valence-electron chi connectivity index (χ2n) is 39.4. The summed E-state index contributed by atoms with van der Waals surface area (Å²) in [6.45, 7) is 27.7. The van der Waals surface area contributed by atoms with Gasteiger partial charge >= 0.3 is 11.9 Å². The van der Waals surface area contributed by atoms with Crippen molar-refractivity contribution >= 4 is 43.8 Å². The van der Waals surface area contributed by atoms with Crippen molar-refractivity contribution in [1.29, 1.82) is 0 Å². The highest BCUT2D eigenvalue weighted by molar-refractivity contribution is 7.88. The molecule has 16 fully saturated rings. The largest absolute Gasteiger partial charge is 0.480 e. The van der Waals surface area contributed by atoms with Crippen LogP contribution in [0.25, 0.3) is 0 Å². The minimum atomic E-state index is -3.79. The molecule has 12 aliphatic carbocycles. The Balaban J connectivity index is 0.000000166. The van der Waals surface area contributed by atoms with Crippen LogP contribution in [0.1, 0.15) is 217 Å². The number of amides is 2. The summed E-state index contributed by atoms with van der Waals surface area (Å²) in [6.07, 6.45) is 20.9. The highest BCUT2D eigenvalue weighted by atomic mass is 32.2. The monoisotopic (exact) mass is 1480 g/mol. The van der Waals surface area contributed by atoms with Crippen molar-refractivity contribution in [1.82, 2.24) is 18.4 Å². The second-order valence-corrected chi connectivity index (χ2v) is 43.3. The molecule has 4 N–H and O–H groups in total. The molecule has 16 rings (SSSR count). The van der Waals surface area contributed by atoms with Crippen molar-refractivity contribution in [2.45, 2.75) is 285 Å². The quantitative estimate of drug-likeness (QED) is 0.0993. The third kappa shape index (κ3) is 11.7. The summed E-state index contributed by atoms with van der Waals surface area (Å²) in [5.41, 5.74) is -0.221. The SMILES string of the molecule is C[C@@H]1C[C@H](CN(CC(=O)O)S(C)(=O)=O)O[C@H]2[C@H]1[C@@]1(C)CC[C@@]34CC35CCC(O[C@H]3CN(C(=O)CC6CC6)CCO3)C(C)(C)[C@@H]5CC[C@H]4[C@]1(C)[C@H]2O.C[C@@H]1C[C@H](CN([C@@H](C)C(=O)O)S(C)(=O)=O)O[C@H]2[C@H]1[C@@]1(C)CC[C@@]34CC35CCC(O[C@H]3CN(C(=O)CC6CC6)CCO3)C(C)(C)[C@@H]5CC[C@H]4[C@]1(C)[C@H]2O. The van der Waals surface area contributed by atoms with Gasteiger partial charge in [0.1, 0.15) is 12.6 Å². The van der Waals surface area contributed by atoms with Gasteiger partial charge in [-0.2, -0.15) is 8.61 Å². The molecule has 4 aliphatic heterocycles. The maximum atomic E-state index is 12.9. The molecule has 12 saturated carbocycles. The first-order valence-electron chi connectivity index (χ1n) is 40.3. The van der Waals surface area contributed by atoms with E-state index in [1.807, 2.05) is 9.80 Å². The molecule has 582 valence electrons. The zero-order valence-corrected chi connectivity index (χ0v) is 65.8. The lowest BCUT2D eigenvalue weighted by molar-refractivity contribution is -0.248. The van der Waals surface area contributed by atoms with Crippen molar-refractivity contribution in [2.75, 3.05) is 71.5 Å². The Hall–Kier alpha value is -2.62. The van der Waals surface area contributed by atoms with Crippen LogP contribution in [0.2, 0.25) is 0 Å². The maximum absolute atomic E-state index is 12.9. The molecule has 2 amide bonds. The van der Waals surface area contributed by atoms with Crippen molar-refractivity contribution in [2.24, 2.45) is 113 Å². The Kier molecular flexibility index (Phi) is 18.9. The van der Waals surface area contributed by atoms with E-state index in [1.165, 1.54) is 45.4 Å². The zero-order chi connectivity index (χ0) is 73.9. The molecular weight excluding hydrogens is 1360 g/mol. The summed E-state index contributed by atoms with van der Waals surface area (Å²) in [7, 11) is -7.53. The maximum Gasteiger partial charge on any atom is 0.321 e. The van der Waals surface area contributed by atoms with E-state index >= 15 is 0 Å². The van der Waals surface area contributed by atoms with Gasteiger partial charge in [0.25, 0.3) is 0 Å². The molecule has 0 bridgehead atoms. The fourth-order valence-corrected chi connectivity index (χ4v) is 30.6. The second kappa shape index (κ2) is 25.7. The third-order valence-electron chi connectivity index (χ3n) is 34.1. The summed E-state index contributed by atoms with van der Waals surface area (Å²) in [6, 6.07) is -1.20. The van der Waals surface area contributed by atoms with E-state index in [0.29, 0.717) is 101 Å². The number of rotatable bonds is 18. The summed E-state index contributed by atoms with van der Waals surface area (Å²) in [4.78, 5) is 53.1. The Morgan fingerprint density at radius 3 is 1.32 bits per heavy atom. The fourth-order valence-electron chi connectivity index (χ4n) is 28.7. The van der Waals surface area contributed by atoms with Crippen LogP contribution in [0.3, 0.4) is 0 Å². The normalized spacial score (nSPS) is 48.5. The fraction of sp³-hybridized carbons (Fsp3) is 0.949. The molecule has 103 heavy (non-hydrogen) atoms. The molecule has 0 radical (unpaired) electrons. The van der Waals surface area contributed by atoms with Crippen LogP contribution in [-0.4, -0.2) is 218 Å². The number of nitrogens with zero attached hydrogens (tertiary/aromatic N) is 4. The number of sulfonamides is 2. The summed E-state index contributed by atoms with van der Waals surface area (Å²) < 4.78 is 91.8. The van der Waals surface area contributed by atoms with Crippen molar-refractivity contribution in [3.8, 4) is 0 Å². The van der Waals surface area contributed by atoms with E-state index in [9.17, 15) is 56.4 Å². The number of carboxylic acid groups (broad SMARTS) is 2. The molecule has 24 heteroatoms. The predicted molar refractivity (Wildman–Crippen MR) is 382 cm³/mol. The Morgan fingerprint density at radius 2 is 0.942 bits per heavy atom. The average Bonchev–Trinajstić information content (AvgIpc) is 1.46. The Bertz CT molecular complexity index is 3560. The summed E-state index contributed by atoms with van der Waals surface area (Å²) in [5.74, 6) is 1.69. The molecule has 0 aromatic rings. The van der Waals surface area contributed by atoms with Gasteiger partial charge < -0.3 is 58.6 Å². The van der Waals surface area contributed by atoms with Crippen LogP contribution in [0.4, 0.5) is 0 Å². The molecule has 16 aliphatic rings. The molecule has 0 aromatic carbocycles. The standard InChI is InChI=1S/C40H64N2O9S.C39H62N2O9S/c1-23-18-26(20-42(52(7,47)48)24(2)35(45)46)50-33-32(23)37(5)14-15-40-22-39(40)13-12-29(36(3,4)27(39)10-11-28(40)38(37,6)34(33)44)51-31-21-41(16-17-49-31)30(43)19-25-8-9-25;1-23-17-25(19-41(20-30(43)44)51(6,46)47)49-33-32(23)36(4)13-14-39-22-38(39)12-11-28(35(2,3)26(38)9-10-27(39)37(36,5)34(33)45)50-31-21-40(15-16-48-31)29(42)18-24-7-8-24/h23-29,31-34,44H,8-22H2,1-7H3,(H,45,46);23-28,31-34,45H,7-22H2,1-6H3,(H,43,44)/t23-,24+,26-,27+,28+,29?,31+,32+,33+,34+,37-,38-,39?,40+;23-,25-,26+,27+,28?,31+,32+,33+,34+,36-,37-,38?,39+/m11/s1. The molecule has 27 atom stereocenters. The van der Waals surface area contributed by atoms with Gasteiger partial charge in [0.05, 0.1) is 87.6 Å². The Labute approximate surface area is 613 Å². The van der Waals surface area contributed by atoms with Gasteiger partial charge in [-0.05, 0) is 238 Å². The molecule has 22 nitrogen and oxygen atoms in total. The lowest BCUT2D eigenvalue weighted by Crippen LogP contribution is -2.60. The van der Waals surface area contributed by atoms with Gasteiger partial charge in [0.15, 0.2) is 12.6 Å². The van der Waals surface area contributed by atoms with Crippen LogP contribution < -0.4 is 0 Å². The highest BCUT2D eigenvalue weighted by Crippen LogP contribution is 2.91. The van der Waals surface area contributed by atoms with Gasteiger partial charge in [-0.25, -0.2) is 16.8 Å². The smallest absolute Gasteiger partial charge is 0.321 e. The van der Waals surface area contributed by atoms with E-state index < -0.39 is 81.2 Å². The van der Waals surface area contributed by atoms with E-state index in [0.717, 1.165) is 98.2 Å². The number of hydrogen-bond acceptors (Lipinski definition) is 16. The lowest BCUT2D eigenvalue weighted by atomic mass is 9.41. The van der Waals surface area contributed by atoms with Crippen LogP contribution >= 0.6 is 0 Å². The molecule has 0 aromatic heterocycles. The Morgan fingerprint density at radius 1 is 0.544 bits per heavy atom. The number of aliphatic hydroxyl groups is 2. The third-order valence-corrected chi connectivity index (χ3v) is 36.7. The number of aliphatic carboxylic acids is 2. The number of morpholine rings is 2. The van der Waals surface area contributed by atoms with Crippen LogP contribution in [-0.2, 0) is 67.6 Å². The predicted octanol–water partition coefficient (Wildman–Crippen LogP) is 9.42. The number of carbonyl (C=O) groups excluding carboxylic acids is 2.